The van der Waals surface area contributed by atoms with E-state index in [1.54, 1.807) is 41.4 Å². The molecule has 0 saturated carbocycles. The smallest absolute Gasteiger partial charge is 0.271 e. The Morgan fingerprint density at radius 2 is 0.732 bits per heavy atom. The van der Waals surface area contributed by atoms with Gasteiger partial charge >= 0.3 is 0 Å². The summed E-state index contributed by atoms with van der Waals surface area (Å²) in [4.78, 5) is 128. The summed E-state index contributed by atoms with van der Waals surface area (Å²) in [6.45, 7) is 42.6. The van der Waals surface area contributed by atoms with Gasteiger partial charge in [-0.2, -0.15) is 10.5 Å². The second-order valence-electron chi connectivity index (χ2n) is 39.9. The van der Waals surface area contributed by atoms with E-state index < -0.39 is 0 Å². The molecule has 39 heteroatoms. The third kappa shape index (κ3) is 30.0. The number of Topliss-reactive ketones (excluding diaryl/α,β-unsaturated/α-hetero) is 2. The normalized spacial score (nSPS) is 20.5. The molecule has 2 amide bonds. The highest BCUT2D eigenvalue weighted by atomic mass is 35.5. The number of nitrogens with one attached hydrogen (secondary N) is 5. The number of fused-ring (bicyclic) bond motifs is 6. The number of benzene rings is 2. The largest absolute Gasteiger partial charge is 0.354 e. The average Bonchev–Trinajstić information content (AvgIpc) is 1.67. The fraction of sp³-hybridized carbons (Fsp3) is 0.491. The molecule has 6 fully saturated rings. The summed E-state index contributed by atoms with van der Waals surface area (Å²) >= 11 is 5.81. The van der Waals surface area contributed by atoms with Crippen LogP contribution in [0.15, 0.2) is 172 Å². The van der Waals surface area contributed by atoms with Gasteiger partial charge < -0.3 is 88.2 Å². The number of aromatic amines is 2. The number of nitrogens with zero attached hydrogens (tertiary/aromatic N) is 29. The van der Waals surface area contributed by atoms with Gasteiger partial charge in [-0.15, -0.1) is 0 Å². The van der Waals surface area contributed by atoms with Crippen LogP contribution < -0.4 is 40.4 Å². The van der Waals surface area contributed by atoms with Gasteiger partial charge in [0.05, 0.1) is 56.5 Å². The Kier molecular flexibility index (Phi) is 42.2. The number of amides is 2. The third-order valence-corrected chi connectivity index (χ3v) is 29.8. The van der Waals surface area contributed by atoms with E-state index in [1.165, 1.54) is 70.1 Å². The molecule has 5 N–H and O–H groups in total. The monoisotopic (exact) mass is 2040 g/mol. The molecule has 0 bridgehead atoms. The summed E-state index contributed by atoms with van der Waals surface area (Å²) in [5, 5.41) is 34.6. The van der Waals surface area contributed by atoms with Crippen molar-refractivity contribution < 1.29 is 19.2 Å². The quantitative estimate of drug-likeness (QED) is 0.0371. The number of aromatic nitrogens is 18. The maximum absolute atomic E-state index is 12.1. The van der Waals surface area contributed by atoms with Crippen molar-refractivity contribution in [3.8, 4) is 12.1 Å². The van der Waals surface area contributed by atoms with Crippen molar-refractivity contribution in [2.75, 3.05) is 158 Å². The van der Waals surface area contributed by atoms with E-state index in [0.717, 1.165) is 179 Å². The predicted octanol–water partition coefficient (Wildman–Crippen LogP) is 13.9. The van der Waals surface area contributed by atoms with Crippen molar-refractivity contribution in [1.29, 1.82) is 10.5 Å². The van der Waals surface area contributed by atoms with Crippen LogP contribution in [0.4, 0.5) is 29.1 Å². The topological polar surface area (TPSA) is 396 Å². The molecule has 0 spiro atoms. The van der Waals surface area contributed by atoms with Gasteiger partial charge in [-0.3, -0.25) is 29.0 Å². The second-order valence-corrected chi connectivity index (χ2v) is 40.3. The van der Waals surface area contributed by atoms with Crippen LogP contribution in [0.3, 0.4) is 0 Å². The Hall–Kier alpha value is -14.5. The first-order valence-electron chi connectivity index (χ1n) is 51.3. The van der Waals surface area contributed by atoms with Crippen molar-refractivity contribution >= 4 is 130 Å². The number of nitriles is 2. The van der Waals surface area contributed by atoms with Gasteiger partial charge in [0, 0.05) is 204 Å². The molecule has 2 aromatic carbocycles. The summed E-state index contributed by atoms with van der Waals surface area (Å²) in [5.74, 6) is 8.21. The fourth-order valence-corrected chi connectivity index (χ4v) is 20.6. The molecule has 20 rings (SSSR count). The van der Waals surface area contributed by atoms with Gasteiger partial charge in [0.2, 0.25) is 23.4 Å². The van der Waals surface area contributed by atoms with Crippen LogP contribution in [0, 0.1) is 71.3 Å². The molecule has 12 aromatic heterocycles. The van der Waals surface area contributed by atoms with Crippen molar-refractivity contribution in [1.82, 2.24) is 124 Å². The van der Waals surface area contributed by atoms with E-state index in [4.69, 9.17) is 35.3 Å². The molecule has 6 aliphatic heterocycles. The van der Waals surface area contributed by atoms with E-state index in [1.807, 2.05) is 123 Å². The van der Waals surface area contributed by atoms with Crippen molar-refractivity contribution in [3.63, 3.8) is 0 Å². The number of anilines is 5. The fourth-order valence-electron chi connectivity index (χ4n) is 20.4. The number of piperidine rings is 6. The molecule has 12 atom stereocenters. The maximum Gasteiger partial charge on any atom is 0.271 e. The van der Waals surface area contributed by atoms with Crippen LogP contribution >= 0.6 is 11.6 Å². The minimum atomic E-state index is -0.0905. The number of likely N-dealkylation sites (N-methyl/N-ethyl adjacent to an activating group) is 6. The van der Waals surface area contributed by atoms with Crippen LogP contribution in [0.2, 0.25) is 5.15 Å². The summed E-state index contributed by atoms with van der Waals surface area (Å²) in [5.41, 5.74) is 8.27. The van der Waals surface area contributed by atoms with E-state index in [0.29, 0.717) is 72.0 Å². The zero-order valence-corrected chi connectivity index (χ0v) is 90.3. The summed E-state index contributed by atoms with van der Waals surface area (Å²) < 4.78 is 7.97. The summed E-state index contributed by atoms with van der Waals surface area (Å²) in [6.07, 6.45) is 28.0. The van der Waals surface area contributed by atoms with Gasteiger partial charge in [0.15, 0.2) is 0 Å². The Morgan fingerprint density at radius 3 is 1.08 bits per heavy atom. The van der Waals surface area contributed by atoms with E-state index >= 15 is 0 Å². The number of rotatable bonds is 19. The Morgan fingerprint density at radius 1 is 0.409 bits per heavy atom. The summed E-state index contributed by atoms with van der Waals surface area (Å²) in [6, 6.07) is 40.0. The zero-order chi connectivity index (χ0) is 107. The second kappa shape index (κ2) is 55.5. The predicted molar refractivity (Wildman–Crippen MR) is 590 cm³/mol. The molecule has 0 aliphatic carbocycles. The number of H-pyrrole nitrogens is 2. The number of hydrogen-bond donors (Lipinski definition) is 5. The minimum absolute atomic E-state index is 0.0278. The molecular formula is C110H147ClN34O4. The lowest BCUT2D eigenvalue weighted by Gasteiger charge is -2.42. The van der Waals surface area contributed by atoms with Gasteiger partial charge in [-0.25, -0.2) is 73.0 Å². The van der Waals surface area contributed by atoms with Crippen LogP contribution in [0.5, 0.6) is 0 Å². The van der Waals surface area contributed by atoms with E-state index in [2.05, 4.69) is 283 Å². The number of aryl methyl sites for hydroxylation is 4. The maximum atomic E-state index is 12.1. The number of ketones is 2. The highest BCUT2D eigenvalue weighted by Gasteiger charge is 2.37. The van der Waals surface area contributed by atoms with Crippen molar-refractivity contribution in [3.05, 3.63) is 211 Å². The van der Waals surface area contributed by atoms with Crippen LogP contribution in [0.25, 0.3) is 75.9 Å². The van der Waals surface area contributed by atoms with Gasteiger partial charge in [0.1, 0.15) is 119 Å². The Bertz CT molecular complexity index is 6810. The van der Waals surface area contributed by atoms with Gasteiger partial charge in [-0.1, -0.05) is 114 Å². The first-order valence-corrected chi connectivity index (χ1v) is 51.7. The number of halogens is 1. The first-order chi connectivity index (χ1) is 71.8. The summed E-state index contributed by atoms with van der Waals surface area (Å²) in [7, 11) is 20.5. The SMILES string of the molecule is CN[C@H]1CN(Cc2ccccc2)CC[C@H]1C.C[C@@H]1CCN(C(=O)CC#N)C[C@@H]1N(C)c1ncnc2[nH]ccc12.C[C@@H]1CCN(C(=O)CC#N)C[C@@H]1N(C)c1ncnc2c1ccn2C.C[C@@H]1CCN(Cc2ccccc2)C[C@@H]1N(C)c1ncnc2c1ccn2C.C[C@@H]1CCNC[C@@H]1N(C)c1ncnc2[nH]ccc12.C[C@@H]1CCNC[C@@H]1N(C)c1ncnc2c1ccn2C.Cn1ccc2c(Cl)ncnc21.[C-]#[N+]CC(C)=O.[C-]#[N+]CC(C)=O. The van der Waals surface area contributed by atoms with Crippen LogP contribution in [0.1, 0.15) is 118 Å². The molecule has 0 unspecified atom stereocenters. The molecule has 14 aromatic rings. The van der Waals surface area contributed by atoms with Gasteiger partial charge in [-0.05, 0) is 155 Å². The van der Waals surface area contributed by atoms with Crippen LogP contribution in [-0.4, -0.2) is 301 Å². The molecule has 18 heterocycles. The first kappa shape index (κ1) is 113. The third-order valence-electron chi connectivity index (χ3n) is 29.5. The van der Waals surface area contributed by atoms with E-state index in [9.17, 15) is 19.2 Å². The molecule has 38 nitrogen and oxygen atoms in total. The highest BCUT2D eigenvalue weighted by Crippen LogP contribution is 2.36. The Labute approximate surface area is 880 Å². The molecular weight excluding hydrogens is 1900 g/mol. The minimum Gasteiger partial charge on any atom is -0.354 e. The average molecular weight is 2050 g/mol. The molecule has 788 valence electrons. The van der Waals surface area contributed by atoms with Gasteiger partial charge in [0.25, 0.3) is 13.1 Å². The van der Waals surface area contributed by atoms with Crippen LogP contribution in [-0.2, 0) is 60.5 Å². The molecule has 149 heavy (non-hydrogen) atoms. The number of carbonyl (C=O) groups excluding carboxylic acids is 4. The molecule has 0 radical (unpaired) electrons. The standard InChI is InChI=1S/C21H27N5.C17H22N6O.C16H20N6O.C14H21N5.C14H22N2.C13H19N5.C7H6ClN3.2C4H5NO/c1-16-9-12-26(13-17-7-5-4-6-8-17)14-19(16)25(3)21-18-10-11-24(2)20(18)22-15-23-21;1-12-5-9-23(15(24)4-7-18)10-14(12)22(3)17-13-6-8-21(2)16(13)19-11-20-17;1-11-5-8-22(14(23)3-6-17)9-13(11)21(2)16-12-4-7-18-15(12)19-10-20-16;1-10-4-6-15-8-12(10)19(3)14-11-5-7-18(2)13(11)16-9-17-14;1-12-8-9-16(11-14(12)15-2)10-13-6-4-3-5-7-13;1-9-3-5-14-7-11(9)18(2)13-10-4-6-15-12(10)16-8-17-13;1-11-3-2-5-6(8)9-4-10-7(5)11;2*1-4(6)3-5-2/h4-8,10-11,15-16,19H,9,12-14H2,1-3H3;6,8,11-12,14H,4-5,9-10H2,1-3H3;4,7,10-11,13H,3,5,8-9H2,1-2H3,(H,18,19,20);5,7,9-10,12,15H,4,6,8H2,1-3H3;3-7,12,14-15H,8-11H2,1-2H3;4,6,8-9,11,14H,3,5,7H2,1-2H3,(H,15,16,17);2-4H,1H3;2*3H2,1H3/t16-,19+;12-,14+;11-,13+;10-,12+;12-,14+;9-,11+;;;/m111111.../s1. The molecule has 6 saturated heterocycles. The lowest BCUT2D eigenvalue weighted by molar-refractivity contribution is -0.132. The van der Waals surface area contributed by atoms with Crippen molar-refractivity contribution in [2.24, 2.45) is 63.7 Å². The molecule has 6 aliphatic rings. The number of likely N-dealkylation sites (tertiary alicyclic amines) is 4. The highest BCUT2D eigenvalue weighted by molar-refractivity contribution is 6.33. The number of carbonyl (C=O) groups is 4. The zero-order valence-electron chi connectivity index (χ0n) is 89.5. The lowest BCUT2D eigenvalue weighted by atomic mass is 9.92. The van der Waals surface area contributed by atoms with Crippen molar-refractivity contribution in [2.45, 2.75) is 156 Å². The lowest BCUT2D eigenvalue weighted by Crippen LogP contribution is -2.52. The van der Waals surface area contributed by atoms with E-state index in [-0.39, 0.29) is 61.4 Å². The number of hydrogen-bond acceptors (Lipinski definition) is 28. The Balaban J connectivity index is 0.000000153.